The van der Waals surface area contributed by atoms with E-state index in [1.54, 1.807) is 0 Å². The molecule has 1 heterocycles. The topological polar surface area (TPSA) is 64.0 Å². The van der Waals surface area contributed by atoms with Gasteiger partial charge in [0.1, 0.15) is 0 Å². The second-order valence-electron chi connectivity index (χ2n) is 6.66. The van der Waals surface area contributed by atoms with Gasteiger partial charge in [-0.3, -0.25) is 4.90 Å². The minimum Gasteiger partial charge on any atom is -0.465 e. The normalized spacial score (nSPS) is 21.2. The second kappa shape index (κ2) is 7.68. The third-order valence-electron chi connectivity index (χ3n) is 4.95. The molecule has 0 aliphatic carbocycles. The first-order valence-electron chi connectivity index (χ1n) is 8.55. The van der Waals surface area contributed by atoms with Crippen LogP contribution < -0.4 is 0 Å². The summed E-state index contributed by atoms with van der Waals surface area (Å²) in [6.45, 7) is 1.98. The van der Waals surface area contributed by atoms with E-state index in [1.807, 2.05) is 48.5 Å². The van der Waals surface area contributed by atoms with Crippen molar-refractivity contribution < 1.29 is 15.0 Å². The lowest BCUT2D eigenvalue weighted by Gasteiger charge is -2.49. The van der Waals surface area contributed by atoms with Crippen LogP contribution in [-0.2, 0) is 13.0 Å². The van der Waals surface area contributed by atoms with E-state index >= 15 is 0 Å². The van der Waals surface area contributed by atoms with E-state index in [-0.39, 0.29) is 6.61 Å². The van der Waals surface area contributed by atoms with E-state index in [9.17, 15) is 15.0 Å². The number of aliphatic hydroxyl groups is 1. The van der Waals surface area contributed by atoms with Crippen LogP contribution in [-0.4, -0.2) is 57.9 Å². The SMILES string of the molecule is O=C(O)N1CCN(Cc2ccccc2)C(CO)(Cc2ccccc2)C1. The van der Waals surface area contributed by atoms with Gasteiger partial charge in [0.05, 0.1) is 12.1 Å². The van der Waals surface area contributed by atoms with Gasteiger partial charge >= 0.3 is 6.09 Å². The van der Waals surface area contributed by atoms with Crippen LogP contribution in [0.3, 0.4) is 0 Å². The first-order chi connectivity index (χ1) is 12.1. The molecular formula is C20H24N2O3. The van der Waals surface area contributed by atoms with E-state index < -0.39 is 11.6 Å². The first kappa shape index (κ1) is 17.5. The summed E-state index contributed by atoms with van der Waals surface area (Å²) in [5.74, 6) is 0. The molecule has 1 aliphatic rings. The van der Waals surface area contributed by atoms with Crippen LogP contribution in [0.15, 0.2) is 60.7 Å². The van der Waals surface area contributed by atoms with Gasteiger partial charge < -0.3 is 15.1 Å². The molecule has 1 atom stereocenters. The lowest BCUT2D eigenvalue weighted by molar-refractivity contribution is -0.0361. The Morgan fingerprint density at radius 3 is 2.12 bits per heavy atom. The summed E-state index contributed by atoms with van der Waals surface area (Å²) in [4.78, 5) is 15.1. The number of rotatable bonds is 5. The van der Waals surface area contributed by atoms with E-state index in [0.29, 0.717) is 32.6 Å². The monoisotopic (exact) mass is 340 g/mol. The zero-order chi connectivity index (χ0) is 17.7. The van der Waals surface area contributed by atoms with Gasteiger partial charge in [-0.05, 0) is 17.5 Å². The van der Waals surface area contributed by atoms with Gasteiger partial charge in [-0.2, -0.15) is 0 Å². The number of piperazine rings is 1. The summed E-state index contributed by atoms with van der Waals surface area (Å²) in [6.07, 6.45) is -0.314. The molecule has 5 nitrogen and oxygen atoms in total. The summed E-state index contributed by atoms with van der Waals surface area (Å²) in [5.41, 5.74) is 1.65. The maximum Gasteiger partial charge on any atom is 0.407 e. The molecule has 2 N–H and O–H groups in total. The van der Waals surface area contributed by atoms with Gasteiger partial charge in [-0.15, -0.1) is 0 Å². The zero-order valence-corrected chi connectivity index (χ0v) is 14.2. The molecule has 0 saturated carbocycles. The van der Waals surface area contributed by atoms with E-state index in [4.69, 9.17) is 0 Å². The Morgan fingerprint density at radius 1 is 0.960 bits per heavy atom. The minimum absolute atomic E-state index is 0.0848. The summed E-state index contributed by atoms with van der Waals surface area (Å²) in [7, 11) is 0. The predicted molar refractivity (Wildman–Crippen MR) is 96.4 cm³/mol. The van der Waals surface area contributed by atoms with Crippen molar-refractivity contribution >= 4 is 6.09 Å². The Hall–Kier alpha value is -2.37. The highest BCUT2D eigenvalue weighted by Crippen LogP contribution is 2.28. The molecule has 1 unspecified atom stereocenters. The summed E-state index contributed by atoms with van der Waals surface area (Å²) in [6, 6.07) is 20.1. The first-order valence-corrected chi connectivity index (χ1v) is 8.55. The largest absolute Gasteiger partial charge is 0.465 e. The smallest absolute Gasteiger partial charge is 0.407 e. The summed E-state index contributed by atoms with van der Waals surface area (Å²) in [5, 5.41) is 19.7. The number of hydrogen-bond acceptors (Lipinski definition) is 3. The van der Waals surface area contributed by atoms with Crippen molar-refractivity contribution in [2.75, 3.05) is 26.2 Å². The summed E-state index contributed by atoms with van der Waals surface area (Å²) < 4.78 is 0. The molecule has 0 radical (unpaired) electrons. The van der Waals surface area contributed by atoms with Crippen molar-refractivity contribution in [2.24, 2.45) is 0 Å². The van der Waals surface area contributed by atoms with Crippen LogP contribution in [0.5, 0.6) is 0 Å². The summed E-state index contributed by atoms with van der Waals surface area (Å²) >= 11 is 0. The third-order valence-corrected chi connectivity index (χ3v) is 4.95. The average Bonchev–Trinajstić information content (AvgIpc) is 2.64. The van der Waals surface area contributed by atoms with Crippen LogP contribution in [0.1, 0.15) is 11.1 Å². The van der Waals surface area contributed by atoms with Crippen molar-refractivity contribution in [3.63, 3.8) is 0 Å². The van der Waals surface area contributed by atoms with Crippen LogP contribution >= 0.6 is 0 Å². The molecule has 1 amide bonds. The fourth-order valence-electron chi connectivity index (χ4n) is 3.58. The number of carboxylic acid groups (broad SMARTS) is 1. The van der Waals surface area contributed by atoms with E-state index in [0.717, 1.165) is 11.1 Å². The number of aliphatic hydroxyl groups excluding tert-OH is 1. The molecule has 0 aromatic heterocycles. The Labute approximate surface area is 148 Å². The molecule has 132 valence electrons. The Bertz CT molecular complexity index is 693. The molecule has 25 heavy (non-hydrogen) atoms. The molecule has 3 rings (SSSR count). The van der Waals surface area contributed by atoms with Crippen LogP contribution in [0.2, 0.25) is 0 Å². The Balaban J connectivity index is 1.89. The van der Waals surface area contributed by atoms with Gasteiger partial charge in [0.15, 0.2) is 0 Å². The standard InChI is InChI=1S/C20H24N2O3/c23-16-20(13-17-7-3-1-4-8-17)15-21(19(24)25)11-12-22(20)14-18-9-5-2-6-10-18/h1-10,23H,11-16H2,(H,24,25). The minimum atomic E-state index is -0.926. The fraction of sp³-hybridized carbons (Fsp3) is 0.350. The fourth-order valence-corrected chi connectivity index (χ4v) is 3.58. The molecule has 0 bridgehead atoms. The highest BCUT2D eigenvalue weighted by atomic mass is 16.4. The Kier molecular flexibility index (Phi) is 5.36. The zero-order valence-electron chi connectivity index (χ0n) is 14.2. The lowest BCUT2D eigenvalue weighted by Crippen LogP contribution is -2.65. The second-order valence-corrected chi connectivity index (χ2v) is 6.66. The van der Waals surface area contributed by atoms with Gasteiger partial charge in [-0.25, -0.2) is 4.79 Å². The molecule has 1 aliphatic heterocycles. The average molecular weight is 340 g/mol. The molecule has 1 fully saturated rings. The molecule has 5 heteroatoms. The van der Waals surface area contributed by atoms with Gasteiger partial charge in [0, 0.05) is 26.2 Å². The number of hydrogen-bond donors (Lipinski definition) is 2. The highest BCUT2D eigenvalue weighted by molar-refractivity contribution is 5.65. The molecule has 2 aromatic rings. The van der Waals surface area contributed by atoms with Crippen LogP contribution in [0.4, 0.5) is 4.79 Å². The predicted octanol–water partition coefficient (Wildman–Crippen LogP) is 2.46. The Morgan fingerprint density at radius 2 is 1.56 bits per heavy atom. The van der Waals surface area contributed by atoms with Crippen molar-refractivity contribution in [1.82, 2.24) is 9.80 Å². The number of carbonyl (C=O) groups is 1. The maximum atomic E-state index is 11.5. The van der Waals surface area contributed by atoms with Crippen molar-refractivity contribution in [3.05, 3.63) is 71.8 Å². The van der Waals surface area contributed by atoms with Gasteiger partial charge in [-0.1, -0.05) is 60.7 Å². The lowest BCUT2D eigenvalue weighted by atomic mass is 9.86. The van der Waals surface area contributed by atoms with Crippen molar-refractivity contribution in [2.45, 2.75) is 18.5 Å². The maximum absolute atomic E-state index is 11.5. The van der Waals surface area contributed by atoms with E-state index in [2.05, 4.69) is 17.0 Å². The van der Waals surface area contributed by atoms with Gasteiger partial charge in [0.2, 0.25) is 0 Å². The quantitative estimate of drug-likeness (QED) is 0.878. The molecule has 1 saturated heterocycles. The molecule has 2 aromatic carbocycles. The van der Waals surface area contributed by atoms with Crippen LogP contribution in [0, 0.1) is 0 Å². The highest BCUT2D eigenvalue weighted by Gasteiger charge is 2.42. The number of amides is 1. The number of nitrogens with zero attached hydrogens (tertiary/aromatic N) is 2. The van der Waals surface area contributed by atoms with E-state index in [1.165, 1.54) is 4.90 Å². The van der Waals surface area contributed by atoms with Gasteiger partial charge in [0.25, 0.3) is 0 Å². The molecule has 0 spiro atoms. The van der Waals surface area contributed by atoms with Crippen LogP contribution in [0.25, 0.3) is 0 Å². The molecular weight excluding hydrogens is 316 g/mol. The van der Waals surface area contributed by atoms with Crippen molar-refractivity contribution in [3.8, 4) is 0 Å². The number of benzene rings is 2. The van der Waals surface area contributed by atoms with Crippen molar-refractivity contribution in [1.29, 1.82) is 0 Å². The third kappa shape index (κ3) is 4.00.